The molecule has 78 valence electrons. The Bertz CT molecular complexity index is 260. The fourth-order valence-electron chi connectivity index (χ4n) is 1.70. The predicted molar refractivity (Wildman–Crippen MR) is 46.1 cm³/mol. The van der Waals surface area contributed by atoms with Crippen LogP contribution < -0.4 is 0 Å². The van der Waals surface area contributed by atoms with Crippen LogP contribution in [0.25, 0.3) is 0 Å². The molecule has 1 amide bonds. The van der Waals surface area contributed by atoms with Crippen molar-refractivity contribution in [2.45, 2.75) is 19.3 Å². The molecule has 2 atom stereocenters. The van der Waals surface area contributed by atoms with Crippen molar-refractivity contribution in [3.05, 3.63) is 0 Å². The molecule has 0 aromatic heterocycles. The average Bonchev–Trinajstić information content (AvgIpc) is 2.97. The van der Waals surface area contributed by atoms with Gasteiger partial charge < -0.3 is 5.11 Å². The summed E-state index contributed by atoms with van der Waals surface area (Å²) in [6, 6.07) is 0. The summed E-state index contributed by atoms with van der Waals surface area (Å²) in [6.45, 7) is 1.16. The van der Waals surface area contributed by atoms with E-state index >= 15 is 0 Å². The van der Waals surface area contributed by atoms with Crippen LogP contribution in [0.5, 0.6) is 0 Å². The van der Waals surface area contributed by atoms with E-state index in [4.69, 9.17) is 9.94 Å². The quantitative estimate of drug-likeness (QED) is 0.692. The number of aliphatic carboxylic acids is 1. The second-order valence-corrected chi connectivity index (χ2v) is 3.77. The van der Waals surface area contributed by atoms with Gasteiger partial charge in [0.15, 0.2) is 0 Å². The van der Waals surface area contributed by atoms with E-state index in [-0.39, 0.29) is 11.8 Å². The van der Waals surface area contributed by atoms with Gasteiger partial charge in [0.05, 0.1) is 18.4 Å². The molecule has 1 aliphatic carbocycles. The first-order chi connectivity index (χ1) is 6.70. The van der Waals surface area contributed by atoms with Crippen LogP contribution >= 0.6 is 0 Å². The van der Waals surface area contributed by atoms with Crippen LogP contribution in [0.3, 0.4) is 0 Å². The van der Waals surface area contributed by atoms with Crippen LogP contribution in [0.4, 0.5) is 0 Å². The van der Waals surface area contributed by atoms with E-state index in [0.717, 1.165) is 12.8 Å². The Hall–Kier alpha value is -1.10. The van der Waals surface area contributed by atoms with E-state index in [1.807, 2.05) is 0 Å². The normalized spacial score (nSPS) is 31.3. The van der Waals surface area contributed by atoms with E-state index < -0.39 is 11.9 Å². The molecule has 1 aliphatic heterocycles. The number of rotatable bonds is 2. The Morgan fingerprint density at radius 1 is 1.29 bits per heavy atom. The molecular formula is C9H13NO4. The Balaban J connectivity index is 1.87. The first-order valence-electron chi connectivity index (χ1n) is 4.87. The van der Waals surface area contributed by atoms with Gasteiger partial charge in [-0.15, -0.1) is 0 Å². The van der Waals surface area contributed by atoms with Gasteiger partial charge in [-0.2, -0.15) is 0 Å². The zero-order valence-electron chi connectivity index (χ0n) is 7.81. The summed E-state index contributed by atoms with van der Waals surface area (Å²) in [6.07, 6.45) is 2.38. The summed E-state index contributed by atoms with van der Waals surface area (Å²) in [5.74, 6) is -1.85. The number of carboxylic acid groups (broad SMARTS) is 1. The number of hydrogen-bond acceptors (Lipinski definition) is 3. The molecule has 1 heterocycles. The molecule has 1 N–H and O–H groups in total. The summed E-state index contributed by atoms with van der Waals surface area (Å²) in [5, 5.41) is 9.99. The third-order valence-electron chi connectivity index (χ3n) is 2.67. The summed E-state index contributed by atoms with van der Waals surface area (Å²) < 4.78 is 0. The highest BCUT2D eigenvalue weighted by molar-refractivity contribution is 5.88. The highest BCUT2D eigenvalue weighted by Crippen LogP contribution is 2.40. The molecular weight excluding hydrogens is 186 g/mol. The molecule has 2 fully saturated rings. The monoisotopic (exact) mass is 199 g/mol. The fourth-order valence-corrected chi connectivity index (χ4v) is 1.70. The highest BCUT2D eigenvalue weighted by Gasteiger charge is 2.50. The average molecular weight is 199 g/mol. The molecule has 0 aromatic rings. The summed E-state index contributed by atoms with van der Waals surface area (Å²) in [4.78, 5) is 27.3. The van der Waals surface area contributed by atoms with Gasteiger partial charge in [0.1, 0.15) is 0 Å². The lowest BCUT2D eigenvalue weighted by molar-refractivity contribution is -0.199. The number of amides is 1. The van der Waals surface area contributed by atoms with Gasteiger partial charge in [-0.05, 0) is 19.3 Å². The minimum absolute atomic E-state index is 0.155. The number of carboxylic acids is 1. The minimum atomic E-state index is -0.875. The van der Waals surface area contributed by atoms with Gasteiger partial charge in [0.2, 0.25) is 5.91 Å². The molecule has 2 unspecified atom stereocenters. The van der Waals surface area contributed by atoms with E-state index in [2.05, 4.69) is 0 Å². The number of carbonyl (C=O) groups is 2. The molecule has 0 bridgehead atoms. The fraction of sp³-hybridized carbons (Fsp3) is 0.778. The van der Waals surface area contributed by atoms with Crippen molar-refractivity contribution in [1.82, 2.24) is 5.06 Å². The van der Waals surface area contributed by atoms with Crippen molar-refractivity contribution in [3.8, 4) is 0 Å². The predicted octanol–water partition coefficient (Wildman–Crippen LogP) is 0.261. The van der Waals surface area contributed by atoms with Crippen molar-refractivity contribution in [3.63, 3.8) is 0 Å². The van der Waals surface area contributed by atoms with Gasteiger partial charge in [0.25, 0.3) is 0 Å². The van der Waals surface area contributed by atoms with Crippen molar-refractivity contribution in [1.29, 1.82) is 0 Å². The zero-order chi connectivity index (χ0) is 10.1. The Morgan fingerprint density at radius 3 is 2.57 bits per heavy atom. The summed E-state index contributed by atoms with van der Waals surface area (Å²) in [5.41, 5.74) is 0. The topological polar surface area (TPSA) is 66.8 Å². The van der Waals surface area contributed by atoms with Crippen molar-refractivity contribution < 1.29 is 19.5 Å². The molecule has 14 heavy (non-hydrogen) atoms. The van der Waals surface area contributed by atoms with E-state index in [1.54, 1.807) is 0 Å². The Morgan fingerprint density at radius 2 is 2.07 bits per heavy atom. The van der Waals surface area contributed by atoms with Crippen LogP contribution in [0.1, 0.15) is 19.3 Å². The second-order valence-electron chi connectivity index (χ2n) is 3.77. The third-order valence-corrected chi connectivity index (χ3v) is 2.67. The lowest BCUT2D eigenvalue weighted by Crippen LogP contribution is -2.37. The summed E-state index contributed by atoms with van der Waals surface area (Å²) >= 11 is 0. The van der Waals surface area contributed by atoms with Gasteiger partial charge in [-0.3, -0.25) is 14.4 Å². The Labute approximate surface area is 81.6 Å². The lowest BCUT2D eigenvalue weighted by atomic mass is 10.2. The second kappa shape index (κ2) is 3.57. The van der Waals surface area contributed by atoms with E-state index in [9.17, 15) is 9.59 Å². The maximum Gasteiger partial charge on any atom is 0.307 e. The number of nitrogens with zero attached hydrogens (tertiary/aromatic N) is 1. The van der Waals surface area contributed by atoms with Crippen molar-refractivity contribution in [2.24, 2.45) is 11.8 Å². The largest absolute Gasteiger partial charge is 0.481 e. The van der Waals surface area contributed by atoms with Crippen LogP contribution in [-0.2, 0) is 14.4 Å². The molecule has 5 nitrogen and oxygen atoms in total. The molecule has 5 heteroatoms. The molecule has 2 rings (SSSR count). The minimum Gasteiger partial charge on any atom is -0.481 e. The van der Waals surface area contributed by atoms with Gasteiger partial charge in [-0.25, -0.2) is 5.06 Å². The zero-order valence-corrected chi connectivity index (χ0v) is 7.81. The summed E-state index contributed by atoms with van der Waals surface area (Å²) in [7, 11) is 0. The SMILES string of the molecule is O=C(O)C1CC1C(=O)N1CCCCO1. The highest BCUT2D eigenvalue weighted by atomic mass is 16.7. The van der Waals surface area contributed by atoms with Gasteiger partial charge in [0, 0.05) is 6.54 Å². The molecule has 0 spiro atoms. The number of hydrogen-bond donors (Lipinski definition) is 1. The standard InChI is InChI=1S/C9H13NO4/c11-8(6-5-7(6)9(12)13)10-3-1-2-4-14-10/h6-7H,1-5H2,(H,12,13). The van der Waals surface area contributed by atoms with Crippen LogP contribution in [-0.4, -0.2) is 35.2 Å². The van der Waals surface area contributed by atoms with E-state index in [1.165, 1.54) is 5.06 Å². The third kappa shape index (κ3) is 1.72. The first-order valence-corrected chi connectivity index (χ1v) is 4.87. The first kappa shape index (κ1) is 9.45. The lowest BCUT2D eigenvalue weighted by Gasteiger charge is -2.25. The number of hydroxylamine groups is 2. The molecule has 1 saturated carbocycles. The smallest absolute Gasteiger partial charge is 0.307 e. The molecule has 0 radical (unpaired) electrons. The van der Waals surface area contributed by atoms with Crippen molar-refractivity contribution >= 4 is 11.9 Å². The molecule has 2 aliphatic rings. The maximum atomic E-state index is 11.6. The number of carbonyl (C=O) groups excluding carboxylic acids is 1. The van der Waals surface area contributed by atoms with Crippen LogP contribution in [0.2, 0.25) is 0 Å². The molecule has 1 saturated heterocycles. The molecule has 0 aromatic carbocycles. The van der Waals surface area contributed by atoms with Crippen molar-refractivity contribution in [2.75, 3.05) is 13.2 Å². The van der Waals surface area contributed by atoms with Crippen LogP contribution in [0.15, 0.2) is 0 Å². The Kier molecular flexibility index (Phi) is 2.41. The maximum absolute atomic E-state index is 11.6. The van der Waals surface area contributed by atoms with Crippen LogP contribution in [0, 0.1) is 11.8 Å². The van der Waals surface area contributed by atoms with Gasteiger partial charge >= 0.3 is 5.97 Å². The van der Waals surface area contributed by atoms with Gasteiger partial charge in [-0.1, -0.05) is 0 Å². The van der Waals surface area contributed by atoms with E-state index in [0.29, 0.717) is 19.6 Å².